The first-order valence-electron chi connectivity index (χ1n) is 10.3. The Labute approximate surface area is 184 Å². The highest BCUT2D eigenvalue weighted by Crippen LogP contribution is 2.31. The SMILES string of the molecule is CC(C)(OOC(C)(C)c1ccccc1)c1ccccc1.CC(C)([OH2+])c1ccccc1.[H+].[H+]. The van der Waals surface area contributed by atoms with Crippen LogP contribution in [0.15, 0.2) is 91.0 Å². The van der Waals surface area contributed by atoms with Crippen LogP contribution in [0.2, 0.25) is 0 Å². The molecule has 0 aliphatic heterocycles. The van der Waals surface area contributed by atoms with Gasteiger partial charge in [-0.05, 0) is 38.8 Å². The smallest absolute Gasteiger partial charge is 0.438 e. The van der Waals surface area contributed by atoms with Crippen LogP contribution < -0.4 is 0 Å². The van der Waals surface area contributed by atoms with Gasteiger partial charge < -0.3 is 5.11 Å². The molecule has 0 amide bonds. The van der Waals surface area contributed by atoms with Crippen molar-refractivity contribution in [3.05, 3.63) is 108 Å². The molecule has 0 atom stereocenters. The highest BCUT2D eigenvalue weighted by Gasteiger charge is 2.29. The first kappa shape index (κ1) is 23.8. The van der Waals surface area contributed by atoms with Crippen molar-refractivity contribution < 1.29 is 17.7 Å². The van der Waals surface area contributed by atoms with E-state index in [4.69, 9.17) is 14.9 Å². The lowest BCUT2D eigenvalue weighted by Gasteiger charge is -2.31. The van der Waals surface area contributed by atoms with E-state index in [2.05, 4.69) is 0 Å². The van der Waals surface area contributed by atoms with Gasteiger partial charge in [0.15, 0.2) is 5.60 Å². The summed E-state index contributed by atoms with van der Waals surface area (Å²) in [6, 6.07) is 30.0. The fourth-order valence-corrected chi connectivity index (χ4v) is 2.84. The van der Waals surface area contributed by atoms with Crippen molar-refractivity contribution in [1.29, 1.82) is 0 Å². The fourth-order valence-electron chi connectivity index (χ4n) is 2.84. The van der Waals surface area contributed by atoms with Crippen molar-refractivity contribution in [2.75, 3.05) is 0 Å². The summed E-state index contributed by atoms with van der Waals surface area (Å²) in [5, 5.41) is 7.67. The Morgan fingerprint density at radius 3 is 1.00 bits per heavy atom. The average molecular weight is 410 g/mol. The molecule has 2 N–H and O–H groups in total. The molecular formula is C27H37O3+3. The Hall–Kier alpha value is -2.46. The number of rotatable bonds is 6. The minimum absolute atomic E-state index is 0. The summed E-state index contributed by atoms with van der Waals surface area (Å²) in [5.41, 5.74) is 1.80. The van der Waals surface area contributed by atoms with Gasteiger partial charge in [-0.3, -0.25) is 0 Å². The van der Waals surface area contributed by atoms with Crippen LogP contribution in [0.25, 0.3) is 0 Å². The van der Waals surface area contributed by atoms with E-state index < -0.39 is 16.8 Å². The van der Waals surface area contributed by atoms with Gasteiger partial charge in [0, 0.05) is 19.4 Å². The summed E-state index contributed by atoms with van der Waals surface area (Å²) >= 11 is 0. The van der Waals surface area contributed by atoms with Crippen LogP contribution >= 0.6 is 0 Å². The molecule has 3 heteroatoms. The van der Waals surface area contributed by atoms with Crippen molar-refractivity contribution in [2.24, 2.45) is 0 Å². The average Bonchev–Trinajstić information content (AvgIpc) is 2.74. The van der Waals surface area contributed by atoms with Gasteiger partial charge in [-0.1, -0.05) is 91.0 Å². The second-order valence-corrected chi connectivity index (χ2v) is 8.91. The van der Waals surface area contributed by atoms with Crippen molar-refractivity contribution >= 4 is 0 Å². The van der Waals surface area contributed by atoms with Crippen LogP contribution in [0.1, 0.15) is 61.1 Å². The van der Waals surface area contributed by atoms with Gasteiger partial charge in [0.05, 0.1) is 0 Å². The molecule has 30 heavy (non-hydrogen) atoms. The molecule has 0 fully saturated rings. The normalized spacial score (nSPS) is 12.1. The van der Waals surface area contributed by atoms with Crippen molar-refractivity contribution in [3.8, 4) is 0 Å². The molecule has 0 unspecified atom stereocenters. The van der Waals surface area contributed by atoms with E-state index in [1.807, 2.05) is 133 Å². The van der Waals surface area contributed by atoms with E-state index in [-0.39, 0.29) is 2.85 Å². The number of hydrogen-bond donors (Lipinski definition) is 0. The van der Waals surface area contributed by atoms with Crippen LogP contribution in [0.5, 0.6) is 0 Å². The second kappa shape index (κ2) is 10.0. The lowest BCUT2D eigenvalue weighted by molar-refractivity contribution is -0.410. The lowest BCUT2D eigenvalue weighted by atomic mass is 9.98. The molecule has 0 heterocycles. The van der Waals surface area contributed by atoms with E-state index >= 15 is 0 Å². The zero-order valence-corrected chi connectivity index (χ0v) is 19.0. The maximum Gasteiger partial charge on any atom is 1.00 e. The molecule has 3 rings (SSSR count). The molecule has 3 aromatic carbocycles. The summed E-state index contributed by atoms with van der Waals surface area (Å²) in [5.74, 6) is 0. The Balaban J connectivity index is 0.000000683. The molecule has 0 saturated carbocycles. The van der Waals surface area contributed by atoms with Crippen LogP contribution in [0.3, 0.4) is 0 Å². The van der Waals surface area contributed by atoms with Gasteiger partial charge in [-0.15, -0.1) is 0 Å². The fraction of sp³-hybridized carbons (Fsp3) is 0.333. The lowest BCUT2D eigenvalue weighted by Crippen LogP contribution is -2.29. The molecule has 0 aliphatic carbocycles. The zero-order valence-electron chi connectivity index (χ0n) is 21.0. The zero-order chi connectivity index (χ0) is 22.3. The second-order valence-electron chi connectivity index (χ2n) is 8.91. The third-order valence-electron chi connectivity index (χ3n) is 4.89. The van der Waals surface area contributed by atoms with Gasteiger partial charge in [0.2, 0.25) is 0 Å². The molecule has 0 spiro atoms. The Bertz CT molecular complexity index is 824. The highest BCUT2D eigenvalue weighted by atomic mass is 17.2. The molecule has 0 aromatic heterocycles. The largest absolute Gasteiger partial charge is 1.00 e. The van der Waals surface area contributed by atoms with Crippen LogP contribution in [0, 0.1) is 0 Å². The van der Waals surface area contributed by atoms with Crippen molar-refractivity contribution in [3.63, 3.8) is 0 Å². The van der Waals surface area contributed by atoms with E-state index in [1.165, 1.54) is 0 Å². The predicted octanol–water partition coefficient (Wildman–Crippen LogP) is 6.68. The summed E-state index contributed by atoms with van der Waals surface area (Å²) < 4.78 is 0. The van der Waals surface area contributed by atoms with Crippen LogP contribution in [-0.2, 0) is 26.6 Å². The standard InChI is InChI=1S/C18H22O2.C9H12O/c1-17(2,15-11-7-5-8-12-15)19-20-18(3,4)16-13-9-6-10-14-16;1-9(2,10)8-6-4-3-5-7-8/h5-14H,1-4H3;3-7,10H,1-2H3/p+3. The summed E-state index contributed by atoms with van der Waals surface area (Å²) in [4.78, 5) is 11.5. The van der Waals surface area contributed by atoms with Gasteiger partial charge in [0.25, 0.3) is 0 Å². The monoisotopic (exact) mass is 409 g/mol. The highest BCUT2D eigenvalue weighted by molar-refractivity contribution is 5.22. The summed E-state index contributed by atoms with van der Waals surface area (Å²) in [7, 11) is 0. The van der Waals surface area contributed by atoms with E-state index in [9.17, 15) is 0 Å². The molecule has 3 nitrogen and oxygen atoms in total. The number of hydrogen-bond acceptors (Lipinski definition) is 2. The predicted molar refractivity (Wildman–Crippen MR) is 126 cm³/mol. The molecule has 0 radical (unpaired) electrons. The van der Waals surface area contributed by atoms with E-state index in [1.54, 1.807) is 0 Å². The maximum atomic E-state index is 7.67. The maximum absolute atomic E-state index is 7.67. The molecule has 0 bridgehead atoms. The summed E-state index contributed by atoms with van der Waals surface area (Å²) in [6.45, 7) is 11.8. The third kappa shape index (κ3) is 7.10. The molecule has 160 valence electrons. The first-order chi connectivity index (χ1) is 14.0. The van der Waals surface area contributed by atoms with Gasteiger partial charge in [-0.25, -0.2) is 9.78 Å². The minimum Gasteiger partial charge on any atom is -0.438 e. The third-order valence-corrected chi connectivity index (χ3v) is 4.89. The van der Waals surface area contributed by atoms with Crippen LogP contribution in [0.4, 0.5) is 0 Å². The Kier molecular flexibility index (Phi) is 7.96. The van der Waals surface area contributed by atoms with Crippen LogP contribution in [-0.4, -0.2) is 5.11 Å². The van der Waals surface area contributed by atoms with E-state index in [0.29, 0.717) is 0 Å². The molecule has 3 aromatic rings. The van der Waals surface area contributed by atoms with Crippen molar-refractivity contribution in [2.45, 2.75) is 58.3 Å². The molecule has 0 saturated heterocycles. The van der Waals surface area contributed by atoms with Gasteiger partial charge in [-0.2, -0.15) is 0 Å². The molecular weight excluding hydrogens is 372 g/mol. The Morgan fingerprint density at radius 1 is 0.500 bits per heavy atom. The summed E-state index contributed by atoms with van der Waals surface area (Å²) in [6.07, 6.45) is 0. The quantitative estimate of drug-likeness (QED) is 0.259. The van der Waals surface area contributed by atoms with E-state index in [0.717, 1.165) is 16.7 Å². The Morgan fingerprint density at radius 2 is 0.767 bits per heavy atom. The number of benzene rings is 3. The molecule has 0 aliphatic rings. The first-order valence-corrected chi connectivity index (χ1v) is 10.3. The van der Waals surface area contributed by atoms with Gasteiger partial charge in [0.1, 0.15) is 11.2 Å². The topological polar surface area (TPSA) is 41.4 Å². The van der Waals surface area contributed by atoms with Crippen molar-refractivity contribution in [1.82, 2.24) is 0 Å². The minimum atomic E-state index is -0.493. The van der Waals surface area contributed by atoms with Gasteiger partial charge >= 0.3 is 2.85 Å².